The van der Waals surface area contributed by atoms with Gasteiger partial charge in [0.05, 0.1) is 19.8 Å². The van der Waals surface area contributed by atoms with Gasteiger partial charge >= 0.3 is 0 Å². The Morgan fingerprint density at radius 2 is 2.11 bits per heavy atom. The molecule has 5 nitrogen and oxygen atoms in total. The molecule has 0 atom stereocenters. The van der Waals surface area contributed by atoms with Gasteiger partial charge in [0.1, 0.15) is 0 Å². The number of hydrogen-bond donors (Lipinski definition) is 2. The Labute approximate surface area is 111 Å². The standard InChI is InChI=1S/C12H17ClN2O3/c1-17-4-5-18-3-2-15-12(16)9-6-10(13)8-11(14)7-9/h6-8H,2-5,14H2,1H3,(H,15,16). The molecule has 18 heavy (non-hydrogen) atoms. The highest BCUT2D eigenvalue weighted by Gasteiger charge is 2.06. The average Bonchev–Trinajstić information content (AvgIpc) is 2.32. The molecular weight excluding hydrogens is 256 g/mol. The van der Waals surface area contributed by atoms with Crippen LogP contribution in [-0.2, 0) is 9.47 Å². The Hall–Kier alpha value is -1.30. The summed E-state index contributed by atoms with van der Waals surface area (Å²) in [6.07, 6.45) is 0. The van der Waals surface area contributed by atoms with Gasteiger partial charge < -0.3 is 20.5 Å². The number of hydrogen-bond acceptors (Lipinski definition) is 4. The van der Waals surface area contributed by atoms with Crippen molar-refractivity contribution in [3.05, 3.63) is 28.8 Å². The molecule has 0 saturated heterocycles. The van der Waals surface area contributed by atoms with E-state index in [0.29, 0.717) is 42.6 Å². The first kappa shape index (κ1) is 14.8. The topological polar surface area (TPSA) is 73.6 Å². The highest BCUT2D eigenvalue weighted by molar-refractivity contribution is 6.31. The molecule has 3 N–H and O–H groups in total. The summed E-state index contributed by atoms with van der Waals surface area (Å²) in [6.45, 7) is 1.91. The average molecular weight is 273 g/mol. The fourth-order valence-corrected chi connectivity index (χ4v) is 1.57. The van der Waals surface area contributed by atoms with Gasteiger partial charge in [-0.05, 0) is 18.2 Å². The molecule has 0 aliphatic carbocycles. The summed E-state index contributed by atoms with van der Waals surface area (Å²) in [6, 6.07) is 4.73. The molecule has 6 heteroatoms. The lowest BCUT2D eigenvalue weighted by molar-refractivity contribution is 0.0693. The van der Waals surface area contributed by atoms with Gasteiger partial charge in [-0.15, -0.1) is 0 Å². The van der Waals surface area contributed by atoms with Crippen LogP contribution >= 0.6 is 11.6 Å². The maximum Gasteiger partial charge on any atom is 0.251 e. The van der Waals surface area contributed by atoms with Gasteiger partial charge in [-0.25, -0.2) is 0 Å². The zero-order valence-corrected chi connectivity index (χ0v) is 11.0. The summed E-state index contributed by atoms with van der Waals surface area (Å²) in [5.41, 5.74) is 6.51. The largest absolute Gasteiger partial charge is 0.399 e. The second kappa shape index (κ2) is 7.92. The van der Waals surface area contributed by atoms with Crippen molar-refractivity contribution in [2.75, 3.05) is 39.2 Å². The zero-order valence-electron chi connectivity index (χ0n) is 10.2. The molecular formula is C12H17ClN2O3. The Morgan fingerprint density at radius 1 is 1.33 bits per heavy atom. The van der Waals surface area contributed by atoms with Crippen LogP contribution in [0, 0.1) is 0 Å². The monoisotopic (exact) mass is 272 g/mol. The number of nitrogens with one attached hydrogen (secondary N) is 1. The lowest BCUT2D eigenvalue weighted by Gasteiger charge is -2.07. The fourth-order valence-electron chi connectivity index (χ4n) is 1.33. The van der Waals surface area contributed by atoms with Gasteiger partial charge in [-0.1, -0.05) is 11.6 Å². The first-order valence-corrected chi connectivity index (χ1v) is 5.92. The summed E-state index contributed by atoms with van der Waals surface area (Å²) in [7, 11) is 1.61. The molecule has 0 saturated carbocycles. The van der Waals surface area contributed by atoms with E-state index in [9.17, 15) is 4.79 Å². The van der Waals surface area contributed by atoms with E-state index in [1.54, 1.807) is 25.3 Å². The normalized spacial score (nSPS) is 10.3. The van der Waals surface area contributed by atoms with Crippen LogP contribution < -0.4 is 11.1 Å². The second-order valence-electron chi connectivity index (χ2n) is 3.63. The van der Waals surface area contributed by atoms with Crippen LogP contribution in [0.25, 0.3) is 0 Å². The van der Waals surface area contributed by atoms with Crippen LogP contribution in [0.2, 0.25) is 5.02 Å². The molecule has 1 aromatic rings. The third kappa shape index (κ3) is 5.35. The number of anilines is 1. The molecule has 0 aliphatic heterocycles. The second-order valence-corrected chi connectivity index (χ2v) is 4.07. The lowest BCUT2D eigenvalue weighted by Crippen LogP contribution is -2.27. The zero-order chi connectivity index (χ0) is 13.4. The molecule has 0 aliphatic rings. The quantitative estimate of drug-likeness (QED) is 0.580. The summed E-state index contributed by atoms with van der Waals surface area (Å²) in [4.78, 5) is 11.7. The number of carbonyl (C=O) groups excluding carboxylic acids is 1. The number of nitrogen functional groups attached to an aromatic ring is 1. The molecule has 0 heterocycles. The van der Waals surface area contributed by atoms with Crippen LogP contribution in [0.15, 0.2) is 18.2 Å². The Morgan fingerprint density at radius 3 is 2.78 bits per heavy atom. The van der Waals surface area contributed by atoms with Crippen molar-refractivity contribution in [2.45, 2.75) is 0 Å². The highest BCUT2D eigenvalue weighted by atomic mass is 35.5. The van der Waals surface area contributed by atoms with E-state index in [1.165, 1.54) is 0 Å². The molecule has 100 valence electrons. The fraction of sp³-hybridized carbons (Fsp3) is 0.417. The summed E-state index contributed by atoms with van der Waals surface area (Å²) < 4.78 is 10.0. The smallest absolute Gasteiger partial charge is 0.251 e. The number of methoxy groups -OCH3 is 1. The number of rotatable bonds is 7. The van der Waals surface area contributed by atoms with Gasteiger partial charge in [-0.2, -0.15) is 0 Å². The molecule has 1 amide bonds. The van der Waals surface area contributed by atoms with E-state index in [2.05, 4.69) is 5.32 Å². The molecule has 1 aromatic carbocycles. The molecule has 0 unspecified atom stereocenters. The van der Waals surface area contributed by atoms with Crippen molar-refractivity contribution >= 4 is 23.2 Å². The lowest BCUT2D eigenvalue weighted by atomic mass is 10.2. The van der Waals surface area contributed by atoms with E-state index in [-0.39, 0.29) is 5.91 Å². The Balaban J connectivity index is 2.32. The van der Waals surface area contributed by atoms with E-state index >= 15 is 0 Å². The van der Waals surface area contributed by atoms with Gasteiger partial charge in [-0.3, -0.25) is 4.79 Å². The number of benzene rings is 1. The summed E-state index contributed by atoms with van der Waals surface area (Å²) in [5.74, 6) is -0.223. The maximum absolute atomic E-state index is 11.7. The number of carbonyl (C=O) groups is 1. The number of amides is 1. The van der Waals surface area contributed by atoms with Crippen LogP contribution in [0.5, 0.6) is 0 Å². The predicted molar refractivity (Wildman–Crippen MR) is 70.9 cm³/mol. The first-order chi connectivity index (χ1) is 8.63. The van der Waals surface area contributed by atoms with Gasteiger partial charge in [0.2, 0.25) is 0 Å². The van der Waals surface area contributed by atoms with Crippen LogP contribution in [0.3, 0.4) is 0 Å². The minimum Gasteiger partial charge on any atom is -0.399 e. The molecule has 0 radical (unpaired) electrons. The van der Waals surface area contributed by atoms with Crippen molar-refractivity contribution in [3.63, 3.8) is 0 Å². The number of halogens is 1. The highest BCUT2D eigenvalue weighted by Crippen LogP contribution is 2.16. The molecule has 0 spiro atoms. The van der Waals surface area contributed by atoms with Crippen LogP contribution in [0.1, 0.15) is 10.4 Å². The molecule has 0 fully saturated rings. The van der Waals surface area contributed by atoms with E-state index < -0.39 is 0 Å². The minimum absolute atomic E-state index is 0.223. The first-order valence-electron chi connectivity index (χ1n) is 5.54. The minimum atomic E-state index is -0.223. The van der Waals surface area contributed by atoms with Crippen molar-refractivity contribution in [3.8, 4) is 0 Å². The molecule has 1 rings (SSSR count). The van der Waals surface area contributed by atoms with Gasteiger partial charge in [0.25, 0.3) is 5.91 Å². The summed E-state index contributed by atoms with van der Waals surface area (Å²) in [5, 5.41) is 3.15. The molecule has 0 bridgehead atoms. The maximum atomic E-state index is 11.7. The van der Waals surface area contributed by atoms with Crippen molar-refractivity contribution in [1.29, 1.82) is 0 Å². The molecule has 0 aromatic heterocycles. The number of nitrogens with two attached hydrogens (primary N) is 1. The van der Waals surface area contributed by atoms with E-state index in [4.69, 9.17) is 26.8 Å². The van der Waals surface area contributed by atoms with Gasteiger partial charge in [0.15, 0.2) is 0 Å². The van der Waals surface area contributed by atoms with Gasteiger partial charge in [0, 0.05) is 29.9 Å². The SMILES string of the molecule is COCCOCCNC(=O)c1cc(N)cc(Cl)c1. The van der Waals surface area contributed by atoms with Crippen LogP contribution in [-0.4, -0.2) is 39.4 Å². The van der Waals surface area contributed by atoms with E-state index in [0.717, 1.165) is 0 Å². The predicted octanol–water partition coefficient (Wildman–Crippen LogP) is 1.31. The Bertz CT molecular complexity index is 379. The number of ether oxygens (including phenoxy) is 2. The third-order valence-electron chi connectivity index (χ3n) is 2.15. The van der Waals surface area contributed by atoms with Crippen molar-refractivity contribution in [2.24, 2.45) is 0 Å². The van der Waals surface area contributed by atoms with Crippen LogP contribution in [0.4, 0.5) is 5.69 Å². The Kier molecular flexibility index (Phi) is 6.49. The third-order valence-corrected chi connectivity index (χ3v) is 2.36. The van der Waals surface area contributed by atoms with Crippen molar-refractivity contribution < 1.29 is 14.3 Å². The van der Waals surface area contributed by atoms with E-state index in [1.807, 2.05) is 0 Å². The van der Waals surface area contributed by atoms with Crippen molar-refractivity contribution in [1.82, 2.24) is 5.32 Å². The summed E-state index contributed by atoms with van der Waals surface area (Å²) >= 11 is 5.81.